The Labute approximate surface area is 233 Å². The van der Waals surface area contributed by atoms with E-state index in [0.717, 1.165) is 10.9 Å². The maximum atomic E-state index is 13.5. The third-order valence-corrected chi connectivity index (χ3v) is 6.51. The van der Waals surface area contributed by atoms with Crippen molar-refractivity contribution in [3.05, 3.63) is 54.2 Å². The van der Waals surface area contributed by atoms with Crippen LogP contribution < -0.4 is 21.7 Å². The van der Waals surface area contributed by atoms with Gasteiger partial charge in [0, 0.05) is 54.0 Å². The second kappa shape index (κ2) is 14.1. The predicted octanol–water partition coefficient (Wildman–Crippen LogP) is -0.663. The first kappa shape index (κ1) is 30.2. The summed E-state index contributed by atoms with van der Waals surface area (Å²) in [6.45, 7) is 0. The van der Waals surface area contributed by atoms with Crippen LogP contribution in [0.2, 0.25) is 0 Å². The molecule has 15 heteroatoms. The number of carbonyl (C=O) groups is 5. The van der Waals surface area contributed by atoms with Gasteiger partial charge in [-0.15, -0.1) is 0 Å². The van der Waals surface area contributed by atoms with E-state index in [1.165, 1.54) is 12.5 Å². The van der Waals surface area contributed by atoms with Crippen LogP contribution in [0.4, 0.5) is 0 Å². The molecule has 0 aliphatic carbocycles. The molecule has 4 unspecified atom stereocenters. The summed E-state index contributed by atoms with van der Waals surface area (Å²) in [6.07, 6.45) is 3.99. The zero-order chi connectivity index (χ0) is 29.2. The fraction of sp³-hybridized carbons (Fsp3) is 0.360. The zero-order valence-electron chi connectivity index (χ0n) is 21.3. The van der Waals surface area contributed by atoms with Gasteiger partial charge in [0.05, 0.1) is 12.4 Å². The van der Waals surface area contributed by atoms with Crippen LogP contribution in [0.25, 0.3) is 10.9 Å². The molecule has 9 N–H and O–H groups in total. The normalized spacial score (nSPS) is 14.1. The van der Waals surface area contributed by atoms with Crippen molar-refractivity contribution < 1.29 is 34.2 Å². The van der Waals surface area contributed by atoms with Gasteiger partial charge in [-0.05, 0) is 18.1 Å². The standard InChI is InChI=1S/C25H31N7O7S/c26-16(8-14-10-27-12-29-14)22(35)31-19(7-13-9-28-17-4-2-1-3-15(13)17)24(37)30-18(5-6-21(33)34)23(36)32-20(11-40)25(38)39/h1-4,9-10,12,16,18-20,28,40H,5-8,11,26H2,(H,27,29)(H,30,37)(H,31,35)(H,32,36)(H,33,34)(H,38,39). The van der Waals surface area contributed by atoms with Crippen molar-refractivity contribution in [2.75, 3.05) is 5.75 Å². The third kappa shape index (κ3) is 8.31. The number of nitrogens with one attached hydrogen (secondary N) is 5. The van der Waals surface area contributed by atoms with E-state index >= 15 is 0 Å². The molecule has 0 saturated carbocycles. The van der Waals surface area contributed by atoms with Crippen LogP contribution in [-0.4, -0.2) is 84.7 Å². The maximum Gasteiger partial charge on any atom is 0.327 e. The summed E-state index contributed by atoms with van der Waals surface area (Å²) in [5, 5.41) is 26.5. The van der Waals surface area contributed by atoms with Gasteiger partial charge in [-0.3, -0.25) is 19.2 Å². The molecule has 0 bridgehead atoms. The van der Waals surface area contributed by atoms with Gasteiger partial charge in [0.15, 0.2) is 0 Å². The minimum atomic E-state index is -1.40. The highest BCUT2D eigenvalue weighted by molar-refractivity contribution is 7.80. The van der Waals surface area contributed by atoms with Gasteiger partial charge >= 0.3 is 11.9 Å². The van der Waals surface area contributed by atoms with Crippen molar-refractivity contribution in [2.45, 2.75) is 49.9 Å². The van der Waals surface area contributed by atoms with Crippen LogP contribution >= 0.6 is 12.6 Å². The van der Waals surface area contributed by atoms with Crippen LogP contribution in [0.5, 0.6) is 0 Å². The Hall–Kier alpha value is -4.37. The summed E-state index contributed by atoms with van der Waals surface area (Å²) in [7, 11) is 0. The molecule has 2 heterocycles. The molecule has 0 radical (unpaired) electrons. The SMILES string of the molecule is NC(Cc1cnc[nH]1)C(=O)NC(Cc1c[nH]c2ccccc12)C(=O)NC(CCC(=O)O)C(=O)NC(CS)C(=O)O. The van der Waals surface area contributed by atoms with Crippen molar-refractivity contribution >= 4 is 53.2 Å². The topological polar surface area (TPSA) is 232 Å². The zero-order valence-corrected chi connectivity index (χ0v) is 22.2. The Morgan fingerprint density at radius 1 is 0.925 bits per heavy atom. The number of carbonyl (C=O) groups excluding carboxylic acids is 3. The number of H-pyrrole nitrogens is 2. The number of aromatic amines is 2. The van der Waals surface area contributed by atoms with E-state index in [-0.39, 0.29) is 25.0 Å². The summed E-state index contributed by atoms with van der Waals surface area (Å²) in [5.41, 5.74) is 8.18. The predicted molar refractivity (Wildman–Crippen MR) is 146 cm³/mol. The Morgan fingerprint density at radius 2 is 1.60 bits per heavy atom. The lowest BCUT2D eigenvalue weighted by Gasteiger charge is -2.25. The molecule has 0 aliphatic rings. The smallest absolute Gasteiger partial charge is 0.327 e. The van der Waals surface area contributed by atoms with Gasteiger partial charge in [-0.2, -0.15) is 12.6 Å². The van der Waals surface area contributed by atoms with Crippen molar-refractivity contribution in [3.63, 3.8) is 0 Å². The summed E-state index contributed by atoms with van der Waals surface area (Å²) < 4.78 is 0. The highest BCUT2D eigenvalue weighted by atomic mass is 32.1. The molecule has 14 nitrogen and oxygen atoms in total. The Bertz CT molecular complexity index is 1340. The van der Waals surface area contributed by atoms with Crippen LogP contribution in [0.1, 0.15) is 24.1 Å². The van der Waals surface area contributed by atoms with E-state index < -0.39 is 60.2 Å². The van der Waals surface area contributed by atoms with Gasteiger partial charge in [-0.25, -0.2) is 9.78 Å². The lowest BCUT2D eigenvalue weighted by molar-refractivity contribution is -0.142. The number of carboxylic acid groups (broad SMARTS) is 2. The van der Waals surface area contributed by atoms with E-state index in [2.05, 4.69) is 43.5 Å². The summed E-state index contributed by atoms with van der Waals surface area (Å²) in [4.78, 5) is 71.7. The number of imidazole rings is 1. The first-order valence-electron chi connectivity index (χ1n) is 12.3. The van der Waals surface area contributed by atoms with Gasteiger partial charge < -0.3 is 41.9 Å². The second-order valence-electron chi connectivity index (χ2n) is 9.09. The largest absolute Gasteiger partial charge is 0.481 e. The molecule has 2 aromatic heterocycles. The molecule has 0 saturated heterocycles. The molecule has 4 atom stereocenters. The number of carboxylic acids is 2. The van der Waals surface area contributed by atoms with Gasteiger partial charge in [0.1, 0.15) is 18.1 Å². The number of rotatable bonds is 15. The lowest BCUT2D eigenvalue weighted by atomic mass is 10.0. The molecule has 0 aliphatic heterocycles. The number of para-hydroxylation sites is 1. The van der Waals surface area contributed by atoms with Crippen molar-refractivity contribution in [1.82, 2.24) is 30.9 Å². The fourth-order valence-corrected chi connectivity index (χ4v) is 4.25. The summed E-state index contributed by atoms with van der Waals surface area (Å²) in [6, 6.07) is 2.35. The van der Waals surface area contributed by atoms with E-state index in [1.54, 1.807) is 6.20 Å². The molecule has 0 fully saturated rings. The Kier molecular flexibility index (Phi) is 10.7. The van der Waals surface area contributed by atoms with Crippen LogP contribution in [-0.2, 0) is 36.8 Å². The van der Waals surface area contributed by atoms with Gasteiger partial charge in [0.2, 0.25) is 17.7 Å². The average Bonchev–Trinajstić information content (AvgIpc) is 3.58. The Morgan fingerprint density at radius 3 is 2.25 bits per heavy atom. The van der Waals surface area contributed by atoms with Crippen LogP contribution in [0.3, 0.4) is 0 Å². The highest BCUT2D eigenvalue weighted by Gasteiger charge is 2.31. The quantitative estimate of drug-likeness (QED) is 0.105. The summed E-state index contributed by atoms with van der Waals surface area (Å²) >= 11 is 3.91. The Balaban J connectivity index is 1.83. The van der Waals surface area contributed by atoms with E-state index in [4.69, 9.17) is 10.8 Å². The number of benzene rings is 1. The molecular formula is C25H31N7O7S. The maximum absolute atomic E-state index is 13.5. The fourth-order valence-electron chi connectivity index (χ4n) is 4.00. The minimum absolute atomic E-state index is 0.0139. The molecule has 3 amide bonds. The minimum Gasteiger partial charge on any atom is -0.481 e. The van der Waals surface area contributed by atoms with Crippen molar-refractivity contribution in [3.8, 4) is 0 Å². The van der Waals surface area contributed by atoms with Crippen LogP contribution in [0, 0.1) is 0 Å². The van der Waals surface area contributed by atoms with E-state index in [0.29, 0.717) is 11.3 Å². The number of hydrogen-bond acceptors (Lipinski definition) is 8. The van der Waals surface area contributed by atoms with Crippen molar-refractivity contribution in [1.29, 1.82) is 0 Å². The van der Waals surface area contributed by atoms with Gasteiger partial charge in [-0.1, -0.05) is 18.2 Å². The molecular weight excluding hydrogens is 542 g/mol. The molecule has 3 rings (SSSR count). The number of aliphatic carboxylic acids is 2. The first-order chi connectivity index (χ1) is 19.1. The molecule has 3 aromatic rings. The first-order valence-corrected chi connectivity index (χ1v) is 13.0. The number of amides is 3. The molecule has 214 valence electrons. The van der Waals surface area contributed by atoms with E-state index in [1.807, 2.05) is 24.3 Å². The lowest BCUT2D eigenvalue weighted by Crippen LogP contribution is -2.58. The van der Waals surface area contributed by atoms with Crippen LogP contribution in [0.15, 0.2) is 43.0 Å². The highest BCUT2D eigenvalue weighted by Crippen LogP contribution is 2.19. The second-order valence-corrected chi connectivity index (χ2v) is 9.45. The molecule has 0 spiro atoms. The molecule has 40 heavy (non-hydrogen) atoms. The monoisotopic (exact) mass is 573 g/mol. The molecule has 1 aromatic carbocycles. The number of nitrogens with zero attached hydrogens (tertiary/aromatic N) is 1. The number of fused-ring (bicyclic) bond motifs is 1. The third-order valence-electron chi connectivity index (χ3n) is 6.14. The van der Waals surface area contributed by atoms with E-state index in [9.17, 15) is 29.1 Å². The average molecular weight is 574 g/mol. The number of thiol groups is 1. The van der Waals surface area contributed by atoms with Crippen molar-refractivity contribution in [2.24, 2.45) is 5.73 Å². The number of hydrogen-bond donors (Lipinski definition) is 9. The summed E-state index contributed by atoms with van der Waals surface area (Å²) in [5.74, 6) is -5.11. The number of aromatic nitrogens is 3. The number of nitrogens with two attached hydrogens (primary N) is 1. The van der Waals surface area contributed by atoms with Gasteiger partial charge in [0.25, 0.3) is 0 Å².